The third kappa shape index (κ3) is 5.35. The highest BCUT2D eigenvalue weighted by Crippen LogP contribution is 2.25. The lowest BCUT2D eigenvalue weighted by Gasteiger charge is -2.12. The van der Waals surface area contributed by atoms with Crippen LogP contribution in [-0.2, 0) is 22.4 Å². The van der Waals surface area contributed by atoms with E-state index in [1.807, 2.05) is 0 Å². The van der Waals surface area contributed by atoms with Crippen molar-refractivity contribution in [3.63, 3.8) is 0 Å². The smallest absolute Gasteiger partial charge is 0.320 e. The summed E-state index contributed by atoms with van der Waals surface area (Å²) in [5.41, 5.74) is 20.1. The van der Waals surface area contributed by atoms with Gasteiger partial charge < -0.3 is 27.4 Å². The Morgan fingerprint density at radius 1 is 0.684 bits per heavy atom. The first-order valence-electron chi connectivity index (χ1n) is 12.1. The quantitative estimate of drug-likeness (QED) is 0.206. The van der Waals surface area contributed by atoms with E-state index in [1.165, 1.54) is 9.13 Å². The molecule has 0 amide bonds. The Labute approximate surface area is 217 Å². The minimum atomic E-state index is -1.14. The topological polar surface area (TPSA) is 197 Å². The second-order valence-corrected chi connectivity index (χ2v) is 9.26. The van der Waals surface area contributed by atoms with Gasteiger partial charge in [-0.25, -0.2) is 0 Å². The Bertz CT molecular complexity index is 1540. The minimum Gasteiger partial charge on any atom is -0.480 e. The summed E-state index contributed by atoms with van der Waals surface area (Å²) in [6, 6.07) is 10.9. The summed E-state index contributed by atoms with van der Waals surface area (Å²) in [6.07, 6.45) is 3.26. The van der Waals surface area contributed by atoms with Crippen LogP contribution >= 0.6 is 0 Å². The van der Waals surface area contributed by atoms with Crippen molar-refractivity contribution in [3.05, 3.63) is 72.1 Å². The number of carbonyl (C=O) groups is 4. The Kier molecular flexibility index (Phi) is 7.72. The van der Waals surface area contributed by atoms with Crippen LogP contribution in [0.5, 0.6) is 0 Å². The van der Waals surface area contributed by atoms with Crippen molar-refractivity contribution in [2.75, 3.05) is 0 Å². The van der Waals surface area contributed by atoms with Crippen LogP contribution in [0.3, 0.4) is 0 Å². The van der Waals surface area contributed by atoms with Gasteiger partial charge in [-0.3, -0.25) is 28.3 Å². The summed E-state index contributed by atoms with van der Waals surface area (Å²) in [5, 5.41) is 19.8. The van der Waals surface area contributed by atoms with Gasteiger partial charge in [-0.15, -0.1) is 0 Å². The van der Waals surface area contributed by atoms with Crippen LogP contribution in [0.4, 0.5) is 0 Å². The fourth-order valence-electron chi connectivity index (χ4n) is 4.56. The van der Waals surface area contributed by atoms with E-state index in [0.717, 1.165) is 5.39 Å². The van der Waals surface area contributed by atoms with E-state index in [0.29, 0.717) is 27.5 Å². The molecule has 2 aromatic heterocycles. The summed E-state index contributed by atoms with van der Waals surface area (Å²) in [5.74, 6) is -3.02. The van der Waals surface area contributed by atoms with Gasteiger partial charge in [0.25, 0.3) is 0 Å². The molecule has 0 bridgehead atoms. The lowest BCUT2D eigenvalue weighted by molar-refractivity contribution is -0.139. The molecule has 198 valence electrons. The number of aliphatic carboxylic acids is 2. The lowest BCUT2D eigenvalue weighted by Crippen LogP contribution is -2.35. The molecule has 3 unspecified atom stereocenters. The largest absolute Gasteiger partial charge is 0.480 e. The molecule has 0 saturated carbocycles. The highest BCUT2D eigenvalue weighted by Gasteiger charge is 2.24. The van der Waals surface area contributed by atoms with E-state index >= 15 is 0 Å². The van der Waals surface area contributed by atoms with Gasteiger partial charge in [0.05, 0.1) is 17.1 Å². The maximum absolute atomic E-state index is 13.2. The Hall–Kier alpha value is -4.32. The highest BCUT2D eigenvalue weighted by molar-refractivity contribution is 5.98. The van der Waals surface area contributed by atoms with Gasteiger partial charge in [0.15, 0.2) is 0 Å². The molecule has 0 aliphatic heterocycles. The number of fused-ring (bicyclic) bond motifs is 2. The summed E-state index contributed by atoms with van der Waals surface area (Å²) in [7, 11) is 0. The minimum absolute atomic E-state index is 0.0358. The summed E-state index contributed by atoms with van der Waals surface area (Å²) < 4.78 is 2.82. The normalized spacial score (nSPS) is 13.9. The number of nitrogens with two attached hydrogens (primary N) is 3. The molecular weight excluding hydrogens is 490 g/mol. The van der Waals surface area contributed by atoms with Gasteiger partial charge in [-0.2, -0.15) is 0 Å². The molecule has 2 aromatic carbocycles. The number of carbonyl (C=O) groups excluding carboxylic acids is 2. The highest BCUT2D eigenvalue weighted by atomic mass is 16.4. The SMILES string of the molecule is NC(Cc1cn(C(=O)CCC(N)C(=O)n2cc(CC(N)C(=O)O)c3ccccc32)c2ccccc12)C(=O)O. The lowest BCUT2D eigenvalue weighted by atomic mass is 10.1. The van der Waals surface area contributed by atoms with Crippen LogP contribution in [0.2, 0.25) is 0 Å². The van der Waals surface area contributed by atoms with Crippen LogP contribution in [0.25, 0.3) is 21.8 Å². The molecule has 4 rings (SSSR count). The second kappa shape index (κ2) is 11.0. The molecule has 11 nitrogen and oxygen atoms in total. The monoisotopic (exact) mass is 519 g/mol. The Balaban J connectivity index is 1.52. The average Bonchev–Trinajstić information content (AvgIpc) is 3.45. The number of carboxylic acid groups (broad SMARTS) is 2. The summed E-state index contributed by atoms with van der Waals surface area (Å²) >= 11 is 0. The van der Waals surface area contributed by atoms with Gasteiger partial charge in [-0.1, -0.05) is 36.4 Å². The number of hydrogen-bond acceptors (Lipinski definition) is 7. The number of para-hydroxylation sites is 2. The van der Waals surface area contributed by atoms with E-state index in [4.69, 9.17) is 17.2 Å². The van der Waals surface area contributed by atoms with E-state index < -0.39 is 36.0 Å². The molecular formula is C27H29N5O6. The number of rotatable bonds is 10. The molecule has 2 heterocycles. The van der Waals surface area contributed by atoms with E-state index in [2.05, 4.69) is 0 Å². The first-order valence-corrected chi connectivity index (χ1v) is 12.1. The maximum atomic E-state index is 13.2. The zero-order valence-electron chi connectivity index (χ0n) is 20.5. The molecule has 0 spiro atoms. The predicted octanol–water partition coefficient (Wildman–Crippen LogP) is 1.59. The van der Waals surface area contributed by atoms with Crippen molar-refractivity contribution >= 4 is 45.6 Å². The van der Waals surface area contributed by atoms with E-state index in [1.54, 1.807) is 60.9 Å². The Morgan fingerprint density at radius 3 is 1.63 bits per heavy atom. The maximum Gasteiger partial charge on any atom is 0.320 e. The van der Waals surface area contributed by atoms with Crippen molar-refractivity contribution in [2.45, 2.75) is 43.8 Å². The summed E-state index contributed by atoms with van der Waals surface area (Å²) in [6.45, 7) is 0. The third-order valence-electron chi connectivity index (χ3n) is 6.60. The van der Waals surface area contributed by atoms with Crippen molar-refractivity contribution in [3.8, 4) is 0 Å². The van der Waals surface area contributed by atoms with Gasteiger partial charge in [-0.05, 0) is 29.7 Å². The van der Waals surface area contributed by atoms with Gasteiger partial charge in [0.2, 0.25) is 11.8 Å². The first-order chi connectivity index (χ1) is 18.1. The molecule has 0 saturated heterocycles. The number of nitrogens with zero attached hydrogens (tertiary/aromatic N) is 2. The van der Waals surface area contributed by atoms with Crippen molar-refractivity contribution in [1.82, 2.24) is 9.13 Å². The molecule has 0 aliphatic rings. The number of hydrogen-bond donors (Lipinski definition) is 5. The number of aromatic nitrogens is 2. The molecule has 0 aliphatic carbocycles. The standard InChI is InChI=1S/C27H29N5O6/c28-19(25(34)32-14-16(12-21(30)27(37)38)18-6-2-4-8-23(18)32)9-10-24(33)31-13-15(11-20(29)26(35)36)17-5-1-3-7-22(17)31/h1-8,13-14,19-21H,9-12,28-30H2,(H,35,36)(H,37,38). The fourth-order valence-corrected chi connectivity index (χ4v) is 4.56. The fraction of sp³-hybridized carbons (Fsp3) is 0.259. The van der Waals surface area contributed by atoms with Crippen molar-refractivity contribution < 1.29 is 29.4 Å². The zero-order valence-corrected chi connectivity index (χ0v) is 20.5. The van der Waals surface area contributed by atoms with Gasteiger partial charge in [0, 0.05) is 42.4 Å². The predicted molar refractivity (Wildman–Crippen MR) is 141 cm³/mol. The molecule has 0 radical (unpaired) electrons. The van der Waals surface area contributed by atoms with E-state index in [-0.39, 0.29) is 31.6 Å². The average molecular weight is 520 g/mol. The summed E-state index contributed by atoms with van der Waals surface area (Å²) in [4.78, 5) is 48.8. The molecule has 3 atom stereocenters. The van der Waals surface area contributed by atoms with Crippen LogP contribution < -0.4 is 17.2 Å². The molecule has 4 aromatic rings. The number of benzene rings is 2. The zero-order chi connectivity index (χ0) is 27.6. The van der Waals surface area contributed by atoms with E-state index in [9.17, 15) is 29.4 Å². The van der Waals surface area contributed by atoms with Crippen LogP contribution in [-0.4, -0.2) is 61.2 Å². The molecule has 38 heavy (non-hydrogen) atoms. The van der Waals surface area contributed by atoms with Crippen molar-refractivity contribution in [2.24, 2.45) is 17.2 Å². The third-order valence-corrected chi connectivity index (χ3v) is 6.60. The molecule has 0 fully saturated rings. The van der Waals surface area contributed by atoms with Crippen LogP contribution in [0, 0.1) is 0 Å². The molecule has 8 N–H and O–H groups in total. The Morgan fingerprint density at radius 2 is 1.13 bits per heavy atom. The van der Waals surface area contributed by atoms with Gasteiger partial charge >= 0.3 is 11.9 Å². The van der Waals surface area contributed by atoms with Gasteiger partial charge in [0.1, 0.15) is 12.1 Å². The van der Waals surface area contributed by atoms with Crippen LogP contribution in [0.15, 0.2) is 60.9 Å². The first kappa shape index (κ1) is 26.7. The number of carboxylic acids is 2. The van der Waals surface area contributed by atoms with Crippen LogP contribution in [0.1, 0.15) is 33.6 Å². The molecule has 11 heteroatoms. The second-order valence-electron chi connectivity index (χ2n) is 9.26. The van der Waals surface area contributed by atoms with Crippen molar-refractivity contribution in [1.29, 1.82) is 0 Å².